The van der Waals surface area contributed by atoms with Gasteiger partial charge in [0.05, 0.1) is 30.5 Å². The van der Waals surface area contributed by atoms with Gasteiger partial charge < -0.3 is 24.9 Å². The number of hydrogen-bond donors (Lipinski definition) is 3. The summed E-state index contributed by atoms with van der Waals surface area (Å²) in [6.07, 6.45) is 2.58. The standard InChI is InChI=1S/C24H27N3O5/c1-24(2,3)32-23(30)27-20(15-31-14-16-7-5-4-6-8-16)21-18(22(28)29)13-19(26-21)17-9-11-25-12-10-17/h4-13,20,26H,14-15H2,1-3H3,(H,27,30)(H,28,29). The van der Waals surface area contributed by atoms with Crippen LogP contribution in [0.1, 0.15) is 48.4 Å². The third-order valence-corrected chi connectivity index (χ3v) is 4.51. The van der Waals surface area contributed by atoms with Crippen LogP contribution in [0.15, 0.2) is 60.9 Å². The van der Waals surface area contributed by atoms with Gasteiger partial charge in [-0.25, -0.2) is 9.59 Å². The van der Waals surface area contributed by atoms with Crippen molar-refractivity contribution in [3.8, 4) is 11.3 Å². The normalized spacial score (nSPS) is 12.2. The molecule has 0 spiro atoms. The van der Waals surface area contributed by atoms with Crippen molar-refractivity contribution < 1.29 is 24.2 Å². The molecule has 8 heteroatoms. The first-order valence-corrected chi connectivity index (χ1v) is 10.2. The molecule has 32 heavy (non-hydrogen) atoms. The average molecular weight is 437 g/mol. The van der Waals surface area contributed by atoms with Gasteiger partial charge in [0.1, 0.15) is 5.60 Å². The Morgan fingerprint density at radius 2 is 1.81 bits per heavy atom. The first kappa shape index (κ1) is 23.0. The van der Waals surface area contributed by atoms with Gasteiger partial charge in [-0.3, -0.25) is 4.98 Å². The SMILES string of the molecule is CC(C)(C)OC(=O)NC(COCc1ccccc1)c1[nH]c(-c2ccncc2)cc1C(=O)O. The highest BCUT2D eigenvalue weighted by Crippen LogP contribution is 2.26. The highest BCUT2D eigenvalue weighted by Gasteiger charge is 2.27. The van der Waals surface area contributed by atoms with Crippen LogP contribution in [0, 0.1) is 0 Å². The van der Waals surface area contributed by atoms with Crippen LogP contribution in [0.2, 0.25) is 0 Å². The number of carbonyl (C=O) groups excluding carboxylic acids is 1. The van der Waals surface area contributed by atoms with Gasteiger partial charge in [0.2, 0.25) is 0 Å². The van der Waals surface area contributed by atoms with Crippen molar-refractivity contribution >= 4 is 12.1 Å². The van der Waals surface area contributed by atoms with E-state index in [0.717, 1.165) is 11.1 Å². The zero-order chi connectivity index (χ0) is 23.1. The summed E-state index contributed by atoms with van der Waals surface area (Å²) in [5, 5.41) is 12.5. The summed E-state index contributed by atoms with van der Waals surface area (Å²) in [6.45, 7) is 5.63. The first-order chi connectivity index (χ1) is 15.2. The highest BCUT2D eigenvalue weighted by molar-refractivity contribution is 5.91. The van der Waals surface area contributed by atoms with E-state index >= 15 is 0 Å². The second-order valence-electron chi connectivity index (χ2n) is 8.25. The molecule has 0 aliphatic heterocycles. The number of ether oxygens (including phenoxy) is 2. The molecular weight excluding hydrogens is 410 g/mol. The Balaban J connectivity index is 1.87. The predicted octanol–water partition coefficient (Wildman–Crippen LogP) is 4.56. The molecular formula is C24H27N3O5. The number of nitrogens with one attached hydrogen (secondary N) is 2. The van der Waals surface area contributed by atoms with Crippen molar-refractivity contribution in [3.63, 3.8) is 0 Å². The maximum atomic E-state index is 12.5. The number of aromatic nitrogens is 2. The summed E-state index contributed by atoms with van der Waals surface area (Å²) in [7, 11) is 0. The van der Waals surface area contributed by atoms with Gasteiger partial charge in [0.25, 0.3) is 0 Å². The lowest BCUT2D eigenvalue weighted by atomic mass is 10.1. The second-order valence-corrected chi connectivity index (χ2v) is 8.25. The molecule has 0 radical (unpaired) electrons. The van der Waals surface area contributed by atoms with Crippen LogP contribution in [0.25, 0.3) is 11.3 Å². The number of hydrogen-bond acceptors (Lipinski definition) is 5. The van der Waals surface area contributed by atoms with Gasteiger partial charge in [0, 0.05) is 23.7 Å². The number of carbonyl (C=O) groups is 2. The van der Waals surface area contributed by atoms with Gasteiger partial charge in [-0.05, 0) is 44.5 Å². The molecule has 2 aromatic heterocycles. The maximum Gasteiger partial charge on any atom is 0.408 e. The number of nitrogens with zero attached hydrogens (tertiary/aromatic N) is 1. The monoisotopic (exact) mass is 437 g/mol. The zero-order valence-corrected chi connectivity index (χ0v) is 18.3. The number of H-pyrrole nitrogens is 1. The summed E-state index contributed by atoms with van der Waals surface area (Å²) in [6, 6.07) is 13.9. The molecule has 168 valence electrons. The van der Waals surface area contributed by atoms with Gasteiger partial charge in [0.15, 0.2) is 0 Å². The fourth-order valence-electron chi connectivity index (χ4n) is 3.13. The minimum absolute atomic E-state index is 0.0428. The Morgan fingerprint density at radius 1 is 1.12 bits per heavy atom. The van der Waals surface area contributed by atoms with E-state index in [9.17, 15) is 14.7 Å². The number of aromatic carboxylic acids is 1. The third-order valence-electron chi connectivity index (χ3n) is 4.51. The molecule has 1 amide bonds. The van der Waals surface area contributed by atoms with E-state index in [1.165, 1.54) is 6.07 Å². The van der Waals surface area contributed by atoms with Crippen molar-refractivity contribution in [3.05, 3.63) is 77.7 Å². The van der Waals surface area contributed by atoms with E-state index in [1.54, 1.807) is 45.3 Å². The van der Waals surface area contributed by atoms with Gasteiger partial charge >= 0.3 is 12.1 Å². The number of benzene rings is 1. The maximum absolute atomic E-state index is 12.5. The summed E-state index contributed by atoms with van der Waals surface area (Å²) in [5.74, 6) is -1.12. The molecule has 3 aromatic rings. The molecule has 0 bridgehead atoms. The minimum atomic E-state index is -1.12. The van der Waals surface area contributed by atoms with Crippen LogP contribution in [-0.4, -0.2) is 39.3 Å². The number of amides is 1. The van der Waals surface area contributed by atoms with Crippen molar-refractivity contribution in [2.75, 3.05) is 6.61 Å². The minimum Gasteiger partial charge on any atom is -0.478 e. The molecule has 2 heterocycles. The third kappa shape index (κ3) is 6.42. The fourth-order valence-corrected chi connectivity index (χ4v) is 3.13. The van der Waals surface area contributed by atoms with E-state index in [-0.39, 0.29) is 12.2 Å². The largest absolute Gasteiger partial charge is 0.478 e. The average Bonchev–Trinajstić information content (AvgIpc) is 3.19. The van der Waals surface area contributed by atoms with Crippen LogP contribution < -0.4 is 5.32 Å². The number of rotatable bonds is 8. The van der Waals surface area contributed by atoms with Gasteiger partial charge in [-0.1, -0.05) is 30.3 Å². The fraction of sp³-hybridized carbons (Fsp3) is 0.292. The molecule has 0 saturated heterocycles. The Labute approximate surface area is 186 Å². The zero-order valence-electron chi connectivity index (χ0n) is 18.3. The number of aromatic amines is 1. The van der Waals surface area contributed by atoms with E-state index in [1.807, 2.05) is 30.3 Å². The van der Waals surface area contributed by atoms with E-state index in [0.29, 0.717) is 18.0 Å². The molecule has 1 aromatic carbocycles. The molecule has 3 N–H and O–H groups in total. The van der Waals surface area contributed by atoms with Crippen LogP contribution in [0.3, 0.4) is 0 Å². The van der Waals surface area contributed by atoms with Gasteiger partial charge in [-0.15, -0.1) is 0 Å². The predicted molar refractivity (Wildman–Crippen MR) is 119 cm³/mol. The molecule has 1 unspecified atom stereocenters. The molecule has 0 saturated carbocycles. The topological polar surface area (TPSA) is 114 Å². The number of carboxylic acids is 1. The van der Waals surface area contributed by atoms with Crippen molar-refractivity contribution in [1.82, 2.24) is 15.3 Å². The van der Waals surface area contributed by atoms with Crippen LogP contribution >= 0.6 is 0 Å². The molecule has 0 aliphatic carbocycles. The summed E-state index contributed by atoms with van der Waals surface area (Å²) >= 11 is 0. The van der Waals surface area contributed by atoms with E-state index < -0.39 is 23.7 Å². The van der Waals surface area contributed by atoms with Crippen molar-refractivity contribution in [2.45, 2.75) is 39.0 Å². The lowest BCUT2D eigenvalue weighted by Crippen LogP contribution is -2.37. The summed E-state index contributed by atoms with van der Waals surface area (Å²) in [4.78, 5) is 31.6. The Bertz CT molecular complexity index is 1040. The van der Waals surface area contributed by atoms with Crippen LogP contribution in [-0.2, 0) is 16.1 Å². The highest BCUT2D eigenvalue weighted by atomic mass is 16.6. The summed E-state index contributed by atoms with van der Waals surface area (Å²) in [5.41, 5.74) is 2.00. The first-order valence-electron chi connectivity index (χ1n) is 10.2. The lowest BCUT2D eigenvalue weighted by Gasteiger charge is -2.24. The molecule has 3 rings (SSSR count). The van der Waals surface area contributed by atoms with Crippen LogP contribution in [0.5, 0.6) is 0 Å². The molecule has 0 aliphatic rings. The number of carboxylic acid groups (broad SMARTS) is 1. The number of pyridine rings is 1. The molecule has 8 nitrogen and oxygen atoms in total. The Kier molecular flexibility index (Phi) is 7.27. The molecule has 0 fully saturated rings. The molecule has 1 atom stereocenters. The smallest absolute Gasteiger partial charge is 0.408 e. The van der Waals surface area contributed by atoms with Gasteiger partial charge in [-0.2, -0.15) is 0 Å². The Morgan fingerprint density at radius 3 is 2.44 bits per heavy atom. The van der Waals surface area contributed by atoms with E-state index in [4.69, 9.17) is 9.47 Å². The number of alkyl carbamates (subject to hydrolysis) is 1. The summed E-state index contributed by atoms with van der Waals surface area (Å²) < 4.78 is 11.2. The van der Waals surface area contributed by atoms with Crippen LogP contribution in [0.4, 0.5) is 4.79 Å². The van der Waals surface area contributed by atoms with E-state index in [2.05, 4.69) is 15.3 Å². The quantitative estimate of drug-likeness (QED) is 0.476. The lowest BCUT2D eigenvalue weighted by molar-refractivity contribution is 0.0420. The Hall–Kier alpha value is -3.65. The second kappa shape index (κ2) is 10.1. The van der Waals surface area contributed by atoms with Crippen molar-refractivity contribution in [1.29, 1.82) is 0 Å². The van der Waals surface area contributed by atoms with Crippen molar-refractivity contribution in [2.24, 2.45) is 0 Å².